The lowest BCUT2D eigenvalue weighted by atomic mass is 9.81. The highest BCUT2D eigenvalue weighted by Crippen LogP contribution is 2.44. The Morgan fingerprint density at radius 3 is 1.86 bits per heavy atom. The SMILES string of the molecule is O=C(O)c1ccc(N2C(=O)C3CC(Br)C(Br)CC3C2=O)cc1. The van der Waals surface area contributed by atoms with E-state index in [-0.39, 0.29) is 38.9 Å². The maximum atomic E-state index is 12.6. The second kappa shape index (κ2) is 5.77. The summed E-state index contributed by atoms with van der Waals surface area (Å²) >= 11 is 7.09. The minimum absolute atomic E-state index is 0.126. The first kappa shape index (κ1) is 15.7. The van der Waals surface area contributed by atoms with E-state index in [9.17, 15) is 14.4 Å². The smallest absolute Gasteiger partial charge is 0.335 e. The number of amides is 2. The van der Waals surface area contributed by atoms with Gasteiger partial charge in [0, 0.05) is 9.65 Å². The van der Waals surface area contributed by atoms with Crippen LogP contribution in [0.5, 0.6) is 0 Å². The Morgan fingerprint density at radius 1 is 1.00 bits per heavy atom. The zero-order chi connectivity index (χ0) is 16.0. The zero-order valence-corrected chi connectivity index (χ0v) is 14.6. The van der Waals surface area contributed by atoms with Gasteiger partial charge >= 0.3 is 5.97 Å². The van der Waals surface area contributed by atoms with Gasteiger partial charge in [-0.05, 0) is 37.1 Å². The Hall–Kier alpha value is -1.21. The molecular formula is C15H13Br2NO4. The van der Waals surface area contributed by atoms with Crippen LogP contribution in [0.4, 0.5) is 5.69 Å². The molecular weight excluding hydrogens is 418 g/mol. The van der Waals surface area contributed by atoms with Crippen LogP contribution >= 0.6 is 31.9 Å². The summed E-state index contributed by atoms with van der Waals surface area (Å²) in [6, 6.07) is 5.82. The summed E-state index contributed by atoms with van der Waals surface area (Å²) in [5, 5.41) is 8.91. The molecule has 2 amide bonds. The molecule has 1 aromatic rings. The predicted molar refractivity (Wildman–Crippen MR) is 87.5 cm³/mol. The normalized spacial score (nSPS) is 31.3. The second-order valence-corrected chi connectivity index (χ2v) is 7.93. The van der Waals surface area contributed by atoms with Crippen molar-refractivity contribution < 1.29 is 19.5 Å². The summed E-state index contributed by atoms with van der Waals surface area (Å²) in [6.45, 7) is 0. The van der Waals surface area contributed by atoms with Crippen molar-refractivity contribution in [3.8, 4) is 0 Å². The molecule has 1 heterocycles. The summed E-state index contributed by atoms with van der Waals surface area (Å²) in [6.07, 6.45) is 1.24. The Kier molecular flexibility index (Phi) is 4.11. The average Bonchev–Trinajstić information content (AvgIpc) is 2.72. The molecule has 2 fully saturated rings. The van der Waals surface area contributed by atoms with Crippen LogP contribution in [-0.2, 0) is 9.59 Å². The van der Waals surface area contributed by atoms with Crippen molar-refractivity contribution in [3.05, 3.63) is 29.8 Å². The molecule has 0 bridgehead atoms. The van der Waals surface area contributed by atoms with Crippen molar-refractivity contribution in [3.63, 3.8) is 0 Å². The first-order chi connectivity index (χ1) is 10.4. The van der Waals surface area contributed by atoms with Gasteiger partial charge in [0.15, 0.2) is 0 Å². The van der Waals surface area contributed by atoms with E-state index in [1.807, 2.05) is 0 Å². The molecule has 1 saturated carbocycles. The van der Waals surface area contributed by atoms with Gasteiger partial charge < -0.3 is 5.11 Å². The Balaban J connectivity index is 1.90. The Labute approximate surface area is 143 Å². The standard InChI is InChI=1S/C15H13Br2NO4/c16-11-5-9-10(6-12(11)17)14(20)18(13(9)19)8-3-1-7(2-4-8)15(21)22/h1-4,9-12H,5-6H2,(H,21,22). The van der Waals surface area contributed by atoms with Gasteiger partial charge in [-0.15, -0.1) is 0 Å². The summed E-state index contributed by atoms with van der Waals surface area (Å²) in [7, 11) is 0. The van der Waals surface area contributed by atoms with Gasteiger partial charge in [-0.2, -0.15) is 0 Å². The number of anilines is 1. The molecule has 1 N–H and O–H groups in total. The van der Waals surface area contributed by atoms with Gasteiger partial charge in [0.2, 0.25) is 11.8 Å². The molecule has 0 radical (unpaired) electrons. The third-order valence-corrected chi connectivity index (χ3v) is 7.02. The van der Waals surface area contributed by atoms with Crippen LogP contribution in [0.25, 0.3) is 0 Å². The van der Waals surface area contributed by atoms with Gasteiger partial charge in [0.05, 0.1) is 23.1 Å². The highest BCUT2D eigenvalue weighted by atomic mass is 79.9. The quantitative estimate of drug-likeness (QED) is 0.578. The van der Waals surface area contributed by atoms with Crippen LogP contribution in [0.2, 0.25) is 0 Å². The number of nitrogens with zero attached hydrogens (tertiary/aromatic N) is 1. The molecule has 2 aliphatic rings. The maximum absolute atomic E-state index is 12.6. The molecule has 1 aromatic carbocycles. The van der Waals surface area contributed by atoms with E-state index < -0.39 is 5.97 Å². The van der Waals surface area contributed by atoms with Crippen molar-refractivity contribution in [2.45, 2.75) is 22.5 Å². The first-order valence-corrected chi connectivity index (χ1v) is 8.72. The number of hydrogen-bond donors (Lipinski definition) is 1. The van der Waals surface area contributed by atoms with E-state index in [0.29, 0.717) is 18.5 Å². The van der Waals surface area contributed by atoms with E-state index in [0.717, 1.165) is 0 Å². The summed E-state index contributed by atoms with van der Waals surface area (Å²) in [5.41, 5.74) is 0.563. The van der Waals surface area contributed by atoms with Gasteiger partial charge in [0.1, 0.15) is 0 Å². The number of aromatic carboxylic acids is 1. The van der Waals surface area contributed by atoms with Gasteiger partial charge in [-0.1, -0.05) is 31.9 Å². The number of alkyl halides is 2. The molecule has 3 rings (SSSR count). The molecule has 7 heteroatoms. The molecule has 4 unspecified atom stereocenters. The number of benzene rings is 1. The molecule has 4 atom stereocenters. The number of carbonyl (C=O) groups is 3. The maximum Gasteiger partial charge on any atom is 0.335 e. The fourth-order valence-corrected chi connectivity index (χ4v) is 4.34. The molecule has 116 valence electrons. The van der Waals surface area contributed by atoms with Crippen LogP contribution in [0.15, 0.2) is 24.3 Å². The average molecular weight is 431 g/mol. The van der Waals surface area contributed by atoms with Crippen molar-refractivity contribution in [2.75, 3.05) is 4.90 Å². The number of hydrogen-bond acceptors (Lipinski definition) is 3. The van der Waals surface area contributed by atoms with Gasteiger partial charge in [0.25, 0.3) is 0 Å². The van der Waals surface area contributed by atoms with Crippen LogP contribution < -0.4 is 4.90 Å². The van der Waals surface area contributed by atoms with Crippen LogP contribution in [0.3, 0.4) is 0 Å². The van der Waals surface area contributed by atoms with Crippen molar-refractivity contribution in [2.24, 2.45) is 11.8 Å². The molecule has 1 aliphatic heterocycles. The largest absolute Gasteiger partial charge is 0.478 e. The van der Waals surface area contributed by atoms with Gasteiger partial charge in [-0.25, -0.2) is 4.79 Å². The third-order valence-electron chi connectivity index (χ3n) is 4.28. The van der Waals surface area contributed by atoms with E-state index in [4.69, 9.17) is 5.11 Å². The monoisotopic (exact) mass is 429 g/mol. The molecule has 22 heavy (non-hydrogen) atoms. The topological polar surface area (TPSA) is 74.7 Å². The van der Waals surface area contributed by atoms with E-state index >= 15 is 0 Å². The summed E-state index contributed by atoms with van der Waals surface area (Å²) in [4.78, 5) is 37.6. The number of carbonyl (C=O) groups excluding carboxylic acids is 2. The summed E-state index contributed by atoms with van der Waals surface area (Å²) in [5.74, 6) is -2.03. The first-order valence-electron chi connectivity index (χ1n) is 6.89. The fourth-order valence-electron chi connectivity index (χ4n) is 3.10. The lowest BCUT2D eigenvalue weighted by molar-refractivity contribution is -0.122. The van der Waals surface area contributed by atoms with E-state index in [2.05, 4.69) is 31.9 Å². The van der Waals surface area contributed by atoms with E-state index in [1.54, 1.807) is 0 Å². The number of halogens is 2. The molecule has 5 nitrogen and oxygen atoms in total. The van der Waals surface area contributed by atoms with Gasteiger partial charge in [-0.3, -0.25) is 14.5 Å². The minimum Gasteiger partial charge on any atom is -0.478 e. The number of fused-ring (bicyclic) bond motifs is 1. The highest BCUT2D eigenvalue weighted by molar-refractivity contribution is 9.12. The fraction of sp³-hybridized carbons (Fsp3) is 0.400. The van der Waals surface area contributed by atoms with Crippen LogP contribution in [0, 0.1) is 11.8 Å². The van der Waals surface area contributed by atoms with Crippen molar-refractivity contribution in [1.82, 2.24) is 0 Å². The molecule has 1 aliphatic carbocycles. The van der Waals surface area contributed by atoms with E-state index in [1.165, 1.54) is 29.2 Å². The Bertz CT molecular complexity index is 617. The number of carboxylic acids is 1. The second-order valence-electron chi connectivity index (χ2n) is 5.58. The molecule has 1 saturated heterocycles. The lowest BCUT2D eigenvalue weighted by Gasteiger charge is -2.29. The van der Waals surface area contributed by atoms with Crippen molar-refractivity contribution in [1.29, 1.82) is 0 Å². The van der Waals surface area contributed by atoms with Crippen LogP contribution in [-0.4, -0.2) is 32.5 Å². The molecule has 0 spiro atoms. The lowest BCUT2D eigenvalue weighted by Crippen LogP contribution is -2.34. The third kappa shape index (κ3) is 2.50. The zero-order valence-electron chi connectivity index (χ0n) is 11.4. The Morgan fingerprint density at radius 2 is 1.45 bits per heavy atom. The minimum atomic E-state index is -1.04. The number of imide groups is 1. The number of carboxylic acid groups (broad SMARTS) is 1. The summed E-state index contributed by atoms with van der Waals surface area (Å²) < 4.78 is 0. The van der Waals surface area contributed by atoms with Crippen LogP contribution in [0.1, 0.15) is 23.2 Å². The van der Waals surface area contributed by atoms with Crippen molar-refractivity contribution >= 4 is 55.3 Å². The highest BCUT2D eigenvalue weighted by Gasteiger charge is 2.52. The molecule has 0 aromatic heterocycles. The predicted octanol–water partition coefficient (Wildman–Crippen LogP) is 2.81. The number of rotatable bonds is 2.